The zero-order valence-corrected chi connectivity index (χ0v) is 59.8. The maximum atomic E-state index is 13.3. The van der Waals surface area contributed by atoms with Crippen molar-refractivity contribution in [2.24, 2.45) is 0 Å². The first kappa shape index (κ1) is 88.0. The molecule has 2 aliphatic heterocycles. The second-order valence-corrected chi connectivity index (χ2v) is 26.0. The molecule has 12 unspecified atom stereocenters. The Morgan fingerprint density at radius 2 is 0.729 bits per heavy atom. The van der Waals surface area contributed by atoms with Gasteiger partial charge < -0.3 is 65.1 Å². The monoisotopic (exact) mass is 1340 g/mol. The van der Waals surface area contributed by atoms with Gasteiger partial charge in [0.15, 0.2) is 12.6 Å². The Balaban J connectivity index is 1.71. The number of nitrogens with one attached hydrogen (secondary N) is 1. The maximum Gasteiger partial charge on any atom is 0.220 e. The molecule has 96 heavy (non-hydrogen) atoms. The topological polar surface area (TPSA) is 228 Å². The van der Waals surface area contributed by atoms with Crippen LogP contribution in [0.3, 0.4) is 0 Å². The van der Waals surface area contributed by atoms with E-state index in [1.165, 1.54) is 135 Å². The maximum absolute atomic E-state index is 13.3. The smallest absolute Gasteiger partial charge is 0.220 e. The van der Waals surface area contributed by atoms with Crippen LogP contribution in [0.1, 0.15) is 271 Å². The molecular weight excluding hydrogens is 1210 g/mol. The van der Waals surface area contributed by atoms with Crippen molar-refractivity contribution in [1.29, 1.82) is 0 Å². The first-order chi connectivity index (χ1) is 47.1. The van der Waals surface area contributed by atoms with E-state index >= 15 is 0 Å². The van der Waals surface area contributed by atoms with Crippen molar-refractivity contribution in [1.82, 2.24) is 5.32 Å². The van der Waals surface area contributed by atoms with Crippen LogP contribution in [0.4, 0.5) is 0 Å². The van der Waals surface area contributed by atoms with Crippen LogP contribution < -0.4 is 5.32 Å². The molecule has 14 heteroatoms. The van der Waals surface area contributed by atoms with Gasteiger partial charge in [-0.2, -0.15) is 0 Å². The standard InChI is InChI=1S/C82H137NO13/c1-3-5-7-9-11-13-15-17-19-21-23-25-27-29-31-33-35-37-39-41-43-45-47-49-51-53-55-57-59-61-63-65-71(86)70(69-93-81-79(92)77(90)80(73(68-85)95-81)96-82-78(91)76(89)75(88)72(67-84)94-82)83-74(87)66-64-62-60-58-56-54-52-50-48-46-44-42-40-38-36-34-32-30-28-26-24-22-20-18-16-14-12-10-8-6-4-2/h6,8,12,14,18,20,24,26,30,32,36,38,42,44,47-50,54-57,63,65,70-73,75-82,84-86,88-92H,3-5,7,9-11,13,15-17,19,21-23,25,27-29,31,33-35,37,39-41,43,45-46,51-53,58-62,64,66-69H2,1-2H3,(H,83,87)/b8-6-,14-12-,20-18-,26-24-,32-30-,38-36-,44-42-,49-47+,50-48-,56-54-,57-55+,65-63+. The molecule has 9 N–H and O–H groups in total. The highest BCUT2D eigenvalue weighted by atomic mass is 16.7. The van der Waals surface area contributed by atoms with Gasteiger partial charge in [0.25, 0.3) is 0 Å². The van der Waals surface area contributed by atoms with Gasteiger partial charge in [0.05, 0.1) is 32.0 Å². The van der Waals surface area contributed by atoms with E-state index in [1.54, 1.807) is 6.08 Å². The second-order valence-electron chi connectivity index (χ2n) is 26.0. The van der Waals surface area contributed by atoms with Gasteiger partial charge in [-0.25, -0.2) is 0 Å². The zero-order valence-electron chi connectivity index (χ0n) is 59.8. The number of carbonyl (C=O) groups excluding carboxylic acids is 1. The average molecular weight is 1340 g/mol. The Bertz CT molecular complexity index is 2180. The SMILES string of the molecule is CC/C=C\C/C=C\C/C=C\C/C=C\C/C=C\C/C=C\C/C=C\C/C=C\C/C=C\CCCCCC(=O)NC(COC1OC(CO)C(OC2OC(CO)C(O)C(O)C2O)C(O)C1O)C(O)/C=C/CC/C=C/CC/C=C/CCCCCCCCCCCCCCCCCCCCCCC. The fraction of sp³-hybridized carbons (Fsp3) is 0.695. The molecule has 2 aliphatic rings. The van der Waals surface area contributed by atoms with E-state index in [0.29, 0.717) is 12.8 Å². The summed E-state index contributed by atoms with van der Waals surface area (Å²) in [6.45, 7) is 2.65. The van der Waals surface area contributed by atoms with Crippen LogP contribution in [0, 0.1) is 0 Å². The number of aliphatic hydroxyl groups is 8. The van der Waals surface area contributed by atoms with Crippen LogP contribution in [0.5, 0.6) is 0 Å². The van der Waals surface area contributed by atoms with Crippen LogP contribution in [0.25, 0.3) is 0 Å². The Morgan fingerprint density at radius 1 is 0.385 bits per heavy atom. The van der Waals surface area contributed by atoms with E-state index in [9.17, 15) is 45.6 Å². The normalized spacial score (nSPS) is 23.1. The van der Waals surface area contributed by atoms with Gasteiger partial charge >= 0.3 is 0 Å². The Morgan fingerprint density at radius 3 is 1.15 bits per heavy atom. The molecule has 0 aromatic carbocycles. The number of rotatable bonds is 61. The third-order valence-corrected chi connectivity index (χ3v) is 17.5. The first-order valence-electron chi connectivity index (χ1n) is 38.1. The molecule has 0 radical (unpaired) electrons. The van der Waals surface area contributed by atoms with Gasteiger partial charge in [-0.15, -0.1) is 0 Å². The Labute approximate surface area is 583 Å². The van der Waals surface area contributed by atoms with Crippen LogP contribution in [-0.4, -0.2) is 140 Å². The van der Waals surface area contributed by atoms with Crippen molar-refractivity contribution in [2.45, 2.75) is 344 Å². The summed E-state index contributed by atoms with van der Waals surface area (Å²) in [5.41, 5.74) is 0. The highest BCUT2D eigenvalue weighted by Gasteiger charge is 2.51. The van der Waals surface area contributed by atoms with Gasteiger partial charge in [0.1, 0.15) is 48.8 Å². The third kappa shape index (κ3) is 47.0. The molecule has 2 heterocycles. The lowest BCUT2D eigenvalue weighted by Crippen LogP contribution is -2.65. The van der Waals surface area contributed by atoms with Gasteiger partial charge in [-0.1, -0.05) is 295 Å². The molecular formula is C82H137NO13. The molecule has 12 atom stereocenters. The molecule has 0 aliphatic carbocycles. The molecule has 548 valence electrons. The summed E-state index contributed by atoms with van der Waals surface area (Å²) in [6, 6.07) is -0.970. The fourth-order valence-corrected chi connectivity index (χ4v) is 11.5. The number of aliphatic hydroxyl groups excluding tert-OH is 8. The number of carbonyl (C=O) groups is 1. The number of hydrogen-bond donors (Lipinski definition) is 9. The van der Waals surface area contributed by atoms with Crippen molar-refractivity contribution in [3.63, 3.8) is 0 Å². The van der Waals surface area contributed by atoms with Crippen molar-refractivity contribution in [3.8, 4) is 0 Å². The predicted octanol–water partition coefficient (Wildman–Crippen LogP) is 16.8. The number of unbranched alkanes of at least 4 members (excludes halogenated alkanes) is 26. The molecule has 14 nitrogen and oxygen atoms in total. The summed E-state index contributed by atoms with van der Waals surface area (Å²) >= 11 is 0. The lowest BCUT2D eigenvalue weighted by atomic mass is 9.97. The molecule has 2 fully saturated rings. The number of hydrogen-bond acceptors (Lipinski definition) is 13. The van der Waals surface area contributed by atoms with Crippen LogP contribution >= 0.6 is 0 Å². The Kier molecular flexibility index (Phi) is 58.9. The summed E-state index contributed by atoms with van der Waals surface area (Å²) in [4.78, 5) is 13.3. The lowest BCUT2D eigenvalue weighted by molar-refractivity contribution is -0.359. The summed E-state index contributed by atoms with van der Waals surface area (Å²) < 4.78 is 22.8. The number of allylic oxidation sites excluding steroid dienone is 23. The number of amides is 1. The van der Waals surface area contributed by atoms with Gasteiger partial charge in [0, 0.05) is 6.42 Å². The van der Waals surface area contributed by atoms with E-state index in [-0.39, 0.29) is 18.9 Å². The second kappa shape index (κ2) is 64.3. The van der Waals surface area contributed by atoms with Crippen molar-refractivity contribution in [2.75, 3.05) is 19.8 Å². The molecule has 1 amide bonds. The first-order valence-corrected chi connectivity index (χ1v) is 38.1. The largest absolute Gasteiger partial charge is 0.394 e. The quantitative estimate of drug-likeness (QED) is 0.0204. The molecule has 0 aromatic rings. The lowest BCUT2D eigenvalue weighted by Gasteiger charge is -2.46. The molecule has 0 aromatic heterocycles. The molecule has 0 bridgehead atoms. The minimum Gasteiger partial charge on any atom is -0.394 e. The summed E-state index contributed by atoms with van der Waals surface area (Å²) in [6.07, 6.45) is 80.6. The molecule has 0 saturated carbocycles. The van der Waals surface area contributed by atoms with Gasteiger partial charge in [0.2, 0.25) is 5.91 Å². The summed E-state index contributed by atoms with van der Waals surface area (Å²) in [7, 11) is 0. The van der Waals surface area contributed by atoms with E-state index in [4.69, 9.17) is 18.9 Å². The van der Waals surface area contributed by atoms with E-state index < -0.39 is 86.8 Å². The van der Waals surface area contributed by atoms with E-state index in [0.717, 1.165) is 103 Å². The van der Waals surface area contributed by atoms with Crippen molar-refractivity contribution >= 4 is 5.91 Å². The van der Waals surface area contributed by atoms with Crippen molar-refractivity contribution in [3.05, 3.63) is 146 Å². The van der Waals surface area contributed by atoms with Crippen molar-refractivity contribution < 1.29 is 64.6 Å². The number of ether oxygens (including phenoxy) is 4. The third-order valence-electron chi connectivity index (χ3n) is 17.5. The summed E-state index contributed by atoms with van der Waals surface area (Å²) in [5, 5.41) is 87.5. The van der Waals surface area contributed by atoms with E-state index in [2.05, 4.69) is 153 Å². The van der Waals surface area contributed by atoms with Crippen LogP contribution in [0.15, 0.2) is 146 Å². The highest BCUT2D eigenvalue weighted by Crippen LogP contribution is 2.30. The Hall–Kier alpha value is -4.13. The molecule has 2 rings (SSSR count). The average Bonchev–Trinajstić information content (AvgIpc) is 0.797. The van der Waals surface area contributed by atoms with E-state index in [1.807, 2.05) is 6.08 Å². The predicted molar refractivity (Wildman–Crippen MR) is 396 cm³/mol. The fourth-order valence-electron chi connectivity index (χ4n) is 11.5. The minimum absolute atomic E-state index is 0.220. The molecule has 0 spiro atoms. The molecule has 2 saturated heterocycles. The van der Waals surface area contributed by atoms with Gasteiger partial charge in [-0.05, 0) is 116 Å². The zero-order chi connectivity index (χ0) is 69.4. The van der Waals surface area contributed by atoms with Crippen LogP contribution in [-0.2, 0) is 23.7 Å². The van der Waals surface area contributed by atoms with Crippen LogP contribution in [0.2, 0.25) is 0 Å². The summed E-state index contributed by atoms with van der Waals surface area (Å²) in [5.74, 6) is -0.289. The highest BCUT2D eigenvalue weighted by molar-refractivity contribution is 5.76. The van der Waals surface area contributed by atoms with Gasteiger partial charge in [-0.3, -0.25) is 4.79 Å². The minimum atomic E-state index is -1.81.